The van der Waals surface area contributed by atoms with E-state index in [4.69, 9.17) is 9.47 Å². The highest BCUT2D eigenvalue weighted by molar-refractivity contribution is 5.70. The first kappa shape index (κ1) is 18.4. The van der Waals surface area contributed by atoms with Crippen LogP contribution in [0.4, 0.5) is 0 Å². The Kier molecular flexibility index (Phi) is 10.4. The second-order valence-corrected chi connectivity index (χ2v) is 5.09. The van der Waals surface area contributed by atoms with E-state index in [1.807, 2.05) is 28.2 Å². The van der Waals surface area contributed by atoms with Gasteiger partial charge in [0.15, 0.2) is 13.2 Å². The Balaban J connectivity index is 3.58. The molecule has 0 aliphatic heterocycles. The van der Waals surface area contributed by atoms with Crippen molar-refractivity contribution >= 4 is 11.9 Å². The van der Waals surface area contributed by atoms with Crippen LogP contribution >= 0.6 is 0 Å². The molecule has 0 bridgehead atoms. The number of carbonyl (C=O) groups excluding carboxylic acids is 2. The van der Waals surface area contributed by atoms with E-state index in [9.17, 15) is 9.59 Å². The Morgan fingerprint density at radius 1 is 0.800 bits per heavy atom. The molecular formula is C14H26N2O4+2. The molecule has 0 heterocycles. The van der Waals surface area contributed by atoms with Crippen molar-refractivity contribution in [1.29, 1.82) is 0 Å². The van der Waals surface area contributed by atoms with Gasteiger partial charge in [0.2, 0.25) is 0 Å². The normalized spacial score (nSPS) is 10.1. The summed E-state index contributed by atoms with van der Waals surface area (Å²) >= 11 is 0. The van der Waals surface area contributed by atoms with Gasteiger partial charge in [0.1, 0.15) is 0 Å². The van der Waals surface area contributed by atoms with Crippen LogP contribution in [0.25, 0.3) is 0 Å². The average Bonchev–Trinajstić information content (AvgIpc) is 2.37. The van der Waals surface area contributed by atoms with Gasteiger partial charge in [-0.05, 0) is 0 Å². The van der Waals surface area contributed by atoms with Crippen molar-refractivity contribution in [2.45, 2.75) is 12.8 Å². The van der Waals surface area contributed by atoms with Crippen molar-refractivity contribution < 1.29 is 28.9 Å². The highest BCUT2D eigenvalue weighted by atomic mass is 16.5. The molecule has 0 spiro atoms. The highest BCUT2D eigenvalue weighted by Gasteiger charge is 2.05. The molecule has 0 aromatic rings. The van der Waals surface area contributed by atoms with Crippen molar-refractivity contribution in [1.82, 2.24) is 0 Å². The molecule has 0 aliphatic carbocycles. The summed E-state index contributed by atoms with van der Waals surface area (Å²) in [5.74, 6) is 4.77. The lowest BCUT2D eigenvalue weighted by Crippen LogP contribution is -3.05. The summed E-state index contributed by atoms with van der Waals surface area (Å²) in [6.45, 7) is 1.55. The molecule has 0 aromatic heterocycles. The molecule has 20 heavy (non-hydrogen) atoms. The predicted molar refractivity (Wildman–Crippen MR) is 74.3 cm³/mol. The van der Waals surface area contributed by atoms with Crippen LogP contribution in [-0.4, -0.2) is 66.4 Å². The van der Waals surface area contributed by atoms with E-state index in [1.165, 1.54) is 9.80 Å². The van der Waals surface area contributed by atoms with Gasteiger partial charge in [-0.25, -0.2) is 0 Å². The Morgan fingerprint density at radius 2 is 1.15 bits per heavy atom. The zero-order valence-electron chi connectivity index (χ0n) is 12.9. The Morgan fingerprint density at radius 3 is 1.45 bits per heavy atom. The summed E-state index contributed by atoms with van der Waals surface area (Å²) in [7, 11) is 7.89. The number of rotatable bonds is 8. The third-order valence-corrected chi connectivity index (χ3v) is 2.39. The fraction of sp³-hybridized carbons (Fsp3) is 0.714. The minimum Gasteiger partial charge on any atom is -0.452 e. The van der Waals surface area contributed by atoms with E-state index in [0.29, 0.717) is 12.8 Å². The van der Waals surface area contributed by atoms with Crippen LogP contribution < -0.4 is 9.80 Å². The van der Waals surface area contributed by atoms with Crippen LogP contribution in [-0.2, 0) is 19.1 Å². The third-order valence-electron chi connectivity index (χ3n) is 2.39. The summed E-state index contributed by atoms with van der Waals surface area (Å²) in [6.07, 6.45) is 0.762. The first-order chi connectivity index (χ1) is 9.41. The van der Waals surface area contributed by atoms with E-state index >= 15 is 0 Å². The van der Waals surface area contributed by atoms with Crippen molar-refractivity contribution in [3.8, 4) is 11.8 Å². The number of hydrogen-bond donors (Lipinski definition) is 2. The zero-order chi connectivity index (χ0) is 15.4. The van der Waals surface area contributed by atoms with Gasteiger partial charge in [-0.15, -0.1) is 0 Å². The van der Waals surface area contributed by atoms with Gasteiger partial charge >= 0.3 is 11.9 Å². The number of hydrogen-bond acceptors (Lipinski definition) is 4. The molecule has 2 N–H and O–H groups in total. The van der Waals surface area contributed by atoms with Crippen LogP contribution in [0.15, 0.2) is 0 Å². The largest absolute Gasteiger partial charge is 0.452 e. The molecule has 6 heteroatoms. The Labute approximate surface area is 121 Å². The first-order valence-electron chi connectivity index (χ1n) is 6.77. The maximum Gasteiger partial charge on any atom is 0.312 e. The fourth-order valence-corrected chi connectivity index (χ4v) is 1.18. The minimum absolute atomic E-state index is 0.0427. The van der Waals surface area contributed by atoms with Crippen molar-refractivity contribution in [2.75, 3.05) is 54.5 Å². The lowest BCUT2D eigenvalue weighted by molar-refractivity contribution is -0.857. The van der Waals surface area contributed by atoms with Crippen LogP contribution in [0, 0.1) is 11.8 Å². The minimum atomic E-state index is -0.258. The summed E-state index contributed by atoms with van der Waals surface area (Å²) < 4.78 is 9.82. The number of ether oxygens (including phenoxy) is 2. The molecule has 0 aliphatic rings. The van der Waals surface area contributed by atoms with Crippen LogP contribution in [0.3, 0.4) is 0 Å². The van der Waals surface area contributed by atoms with E-state index < -0.39 is 0 Å². The van der Waals surface area contributed by atoms with E-state index in [1.54, 1.807) is 0 Å². The van der Waals surface area contributed by atoms with Crippen molar-refractivity contribution in [3.63, 3.8) is 0 Å². The van der Waals surface area contributed by atoms with Gasteiger partial charge in [-0.1, -0.05) is 11.8 Å². The molecule has 0 fully saturated rings. The molecule has 0 amide bonds. The average molecular weight is 286 g/mol. The number of quaternary nitrogens is 2. The van der Waals surface area contributed by atoms with Crippen LogP contribution in [0.2, 0.25) is 0 Å². The van der Waals surface area contributed by atoms with E-state index in [2.05, 4.69) is 11.8 Å². The molecule has 0 saturated heterocycles. The molecule has 6 nitrogen and oxygen atoms in total. The molecule has 0 unspecified atom stereocenters. The SMILES string of the molecule is C[NH+](C)CCC(=O)OCC#CCOC(=O)CC[NH+](C)C. The van der Waals surface area contributed by atoms with Gasteiger partial charge in [-0.3, -0.25) is 9.59 Å². The van der Waals surface area contributed by atoms with Crippen LogP contribution in [0.1, 0.15) is 12.8 Å². The van der Waals surface area contributed by atoms with Gasteiger partial charge < -0.3 is 19.3 Å². The standard InChI is InChI=1S/C14H24N2O4/c1-15(2)9-7-13(17)19-11-5-6-12-20-14(18)8-10-16(3)4/h7-12H2,1-4H3/p+2. The van der Waals surface area contributed by atoms with Gasteiger partial charge in [0.05, 0.1) is 54.1 Å². The molecular weight excluding hydrogens is 260 g/mol. The molecule has 0 saturated carbocycles. The lowest BCUT2D eigenvalue weighted by Gasteiger charge is -2.05. The Bertz CT molecular complexity index is 324. The summed E-state index contributed by atoms with van der Waals surface area (Å²) in [4.78, 5) is 24.9. The summed E-state index contributed by atoms with van der Waals surface area (Å²) in [6, 6.07) is 0. The van der Waals surface area contributed by atoms with Gasteiger partial charge in [0.25, 0.3) is 0 Å². The number of nitrogens with one attached hydrogen (secondary N) is 2. The topological polar surface area (TPSA) is 61.5 Å². The van der Waals surface area contributed by atoms with E-state index in [-0.39, 0.29) is 25.2 Å². The first-order valence-corrected chi connectivity index (χ1v) is 6.77. The lowest BCUT2D eigenvalue weighted by atomic mass is 10.4. The van der Waals surface area contributed by atoms with Crippen LogP contribution in [0.5, 0.6) is 0 Å². The predicted octanol–water partition coefficient (Wildman–Crippen LogP) is -2.85. The number of esters is 2. The smallest absolute Gasteiger partial charge is 0.312 e. The molecule has 0 radical (unpaired) electrons. The second kappa shape index (κ2) is 11.3. The molecule has 0 aromatic carbocycles. The van der Waals surface area contributed by atoms with Crippen molar-refractivity contribution in [3.05, 3.63) is 0 Å². The fourth-order valence-electron chi connectivity index (χ4n) is 1.18. The second-order valence-electron chi connectivity index (χ2n) is 5.09. The monoisotopic (exact) mass is 286 g/mol. The third kappa shape index (κ3) is 12.9. The van der Waals surface area contributed by atoms with Gasteiger partial charge in [0, 0.05) is 0 Å². The zero-order valence-corrected chi connectivity index (χ0v) is 12.9. The Hall–Kier alpha value is -1.58. The molecule has 0 atom stereocenters. The quantitative estimate of drug-likeness (QED) is 0.372. The summed E-state index contributed by atoms with van der Waals surface area (Å²) in [5.41, 5.74) is 0. The molecule has 0 rings (SSSR count). The van der Waals surface area contributed by atoms with E-state index in [0.717, 1.165) is 13.1 Å². The van der Waals surface area contributed by atoms with Gasteiger partial charge in [-0.2, -0.15) is 0 Å². The summed E-state index contributed by atoms with van der Waals surface area (Å²) in [5, 5.41) is 0. The maximum atomic E-state index is 11.2. The molecule has 114 valence electrons. The highest BCUT2D eigenvalue weighted by Crippen LogP contribution is 1.84. The van der Waals surface area contributed by atoms with Crippen molar-refractivity contribution in [2.24, 2.45) is 0 Å². The number of carbonyl (C=O) groups is 2. The maximum absolute atomic E-state index is 11.2.